The Kier molecular flexibility index (Phi) is 6.06. The standard InChI is InChI=1S/C13H10F7N3O2/c1-24-10-6-8(2-3-9(10)25-5-4-21)7-22-23-13(19,20)11(14,15)12(16,17)18/h2-3,6-7,23H,5H2,1H3/b22-7+. The summed E-state index contributed by atoms with van der Waals surface area (Å²) in [5.74, 6) is -6.13. The molecule has 0 aliphatic rings. The molecule has 5 nitrogen and oxygen atoms in total. The molecule has 0 aliphatic carbocycles. The normalized spacial score (nSPS) is 12.8. The molecule has 1 rings (SSSR count). The molecule has 0 amide bonds. The van der Waals surface area contributed by atoms with Crippen LogP contribution in [0.4, 0.5) is 30.7 Å². The average molecular weight is 373 g/mol. The Morgan fingerprint density at radius 3 is 2.32 bits per heavy atom. The van der Waals surface area contributed by atoms with Crippen LogP contribution in [-0.2, 0) is 0 Å². The summed E-state index contributed by atoms with van der Waals surface area (Å²) in [5.41, 5.74) is 0.519. The molecule has 0 aromatic heterocycles. The predicted molar refractivity (Wildman–Crippen MR) is 70.8 cm³/mol. The number of nitrogens with one attached hydrogen (secondary N) is 1. The number of benzene rings is 1. The lowest BCUT2D eigenvalue weighted by atomic mass is 10.2. The topological polar surface area (TPSA) is 66.6 Å². The van der Waals surface area contributed by atoms with Crippen molar-refractivity contribution >= 4 is 6.21 Å². The zero-order valence-electron chi connectivity index (χ0n) is 12.4. The number of rotatable bonds is 7. The van der Waals surface area contributed by atoms with Gasteiger partial charge in [0.1, 0.15) is 6.07 Å². The van der Waals surface area contributed by atoms with Crippen molar-refractivity contribution < 1.29 is 40.2 Å². The van der Waals surface area contributed by atoms with Crippen molar-refractivity contribution in [3.05, 3.63) is 23.8 Å². The number of hydrazone groups is 1. The van der Waals surface area contributed by atoms with Crippen molar-refractivity contribution in [2.45, 2.75) is 18.1 Å². The van der Waals surface area contributed by atoms with Crippen LogP contribution in [0, 0.1) is 11.3 Å². The summed E-state index contributed by atoms with van der Waals surface area (Å²) in [5, 5.41) is 11.1. The van der Waals surface area contributed by atoms with Gasteiger partial charge >= 0.3 is 18.1 Å². The molecular formula is C13H10F7N3O2. The summed E-state index contributed by atoms with van der Waals surface area (Å²) in [6.45, 7) is -0.301. The zero-order valence-corrected chi connectivity index (χ0v) is 12.4. The third kappa shape index (κ3) is 4.65. The predicted octanol–water partition coefficient (Wildman–Crippen LogP) is 3.31. The largest absolute Gasteiger partial charge is 0.493 e. The number of nitrogens with zero attached hydrogens (tertiary/aromatic N) is 2. The lowest BCUT2D eigenvalue weighted by Crippen LogP contribution is -2.58. The molecule has 138 valence electrons. The number of hydrogen-bond acceptors (Lipinski definition) is 5. The quantitative estimate of drug-likeness (QED) is 0.345. The number of halogens is 7. The second-order valence-electron chi connectivity index (χ2n) is 4.37. The first-order valence-corrected chi connectivity index (χ1v) is 6.26. The molecule has 0 atom stereocenters. The fourth-order valence-corrected chi connectivity index (χ4v) is 1.43. The Balaban J connectivity index is 2.91. The van der Waals surface area contributed by atoms with Gasteiger partial charge in [-0.1, -0.05) is 0 Å². The van der Waals surface area contributed by atoms with Gasteiger partial charge in [0.2, 0.25) is 0 Å². The van der Waals surface area contributed by atoms with E-state index >= 15 is 0 Å². The summed E-state index contributed by atoms with van der Waals surface area (Å²) in [6.07, 6.45) is -5.88. The van der Waals surface area contributed by atoms with Crippen LogP contribution in [0.5, 0.6) is 11.5 Å². The van der Waals surface area contributed by atoms with Gasteiger partial charge in [0, 0.05) is 0 Å². The molecule has 0 saturated heterocycles. The minimum absolute atomic E-state index is 0.0276. The molecule has 1 N–H and O–H groups in total. The first-order chi connectivity index (χ1) is 11.5. The second kappa shape index (κ2) is 7.45. The number of methoxy groups -OCH3 is 1. The number of alkyl halides is 7. The second-order valence-corrected chi connectivity index (χ2v) is 4.37. The van der Waals surface area contributed by atoms with E-state index in [-0.39, 0.29) is 23.7 Å². The number of nitriles is 1. The van der Waals surface area contributed by atoms with Gasteiger partial charge in [-0.25, -0.2) is 5.43 Å². The summed E-state index contributed by atoms with van der Waals surface area (Å²) in [4.78, 5) is 0. The van der Waals surface area contributed by atoms with Crippen molar-refractivity contribution in [1.82, 2.24) is 5.43 Å². The fraction of sp³-hybridized carbons (Fsp3) is 0.385. The van der Waals surface area contributed by atoms with Gasteiger partial charge in [0.25, 0.3) is 0 Å². The van der Waals surface area contributed by atoms with E-state index < -0.39 is 18.1 Å². The van der Waals surface area contributed by atoms with Crippen LogP contribution in [0.3, 0.4) is 0 Å². The fourth-order valence-electron chi connectivity index (χ4n) is 1.43. The first-order valence-electron chi connectivity index (χ1n) is 6.26. The van der Waals surface area contributed by atoms with Crippen molar-refractivity contribution in [1.29, 1.82) is 5.26 Å². The lowest BCUT2D eigenvalue weighted by Gasteiger charge is -2.27. The number of hydrogen-bond donors (Lipinski definition) is 1. The van der Waals surface area contributed by atoms with E-state index in [1.54, 1.807) is 6.07 Å². The van der Waals surface area contributed by atoms with Crippen LogP contribution in [0.25, 0.3) is 0 Å². The van der Waals surface area contributed by atoms with E-state index in [2.05, 4.69) is 5.10 Å². The van der Waals surface area contributed by atoms with Crippen LogP contribution in [-0.4, -0.2) is 38.1 Å². The SMILES string of the molecule is COc1cc(/C=N/NC(F)(F)C(F)(F)C(F)(F)F)ccc1OCC#N. The Bertz CT molecular complexity index is 669. The maximum absolute atomic E-state index is 13.0. The molecule has 0 radical (unpaired) electrons. The van der Waals surface area contributed by atoms with E-state index in [1.807, 2.05) is 0 Å². The van der Waals surface area contributed by atoms with Gasteiger partial charge in [-0.15, -0.1) is 0 Å². The van der Waals surface area contributed by atoms with Crippen LogP contribution < -0.4 is 14.9 Å². The van der Waals surface area contributed by atoms with Gasteiger partial charge in [-0.05, 0) is 23.8 Å². The van der Waals surface area contributed by atoms with Gasteiger partial charge in [-0.3, -0.25) is 0 Å². The Morgan fingerprint density at radius 1 is 1.16 bits per heavy atom. The highest BCUT2D eigenvalue weighted by molar-refractivity contribution is 5.80. The van der Waals surface area contributed by atoms with E-state index in [0.29, 0.717) is 11.6 Å². The molecule has 12 heteroatoms. The minimum atomic E-state index is -6.46. The van der Waals surface area contributed by atoms with Crippen molar-refractivity contribution in [2.75, 3.05) is 13.7 Å². The van der Waals surface area contributed by atoms with Crippen molar-refractivity contribution in [3.8, 4) is 17.6 Å². The molecule has 0 unspecified atom stereocenters. The molecule has 1 aromatic carbocycles. The van der Waals surface area contributed by atoms with Gasteiger partial charge < -0.3 is 9.47 Å². The van der Waals surface area contributed by atoms with E-state index in [9.17, 15) is 30.7 Å². The Labute approximate surface area is 136 Å². The maximum Gasteiger partial charge on any atom is 0.462 e. The van der Waals surface area contributed by atoms with Crippen LogP contribution in [0.2, 0.25) is 0 Å². The Morgan fingerprint density at radius 2 is 1.80 bits per heavy atom. The van der Waals surface area contributed by atoms with Crippen LogP contribution in [0.15, 0.2) is 23.3 Å². The summed E-state index contributed by atoms with van der Waals surface area (Å²) >= 11 is 0. The Hall–Kier alpha value is -2.71. The van der Waals surface area contributed by atoms with Crippen LogP contribution in [0.1, 0.15) is 5.56 Å². The summed E-state index contributed by atoms with van der Waals surface area (Å²) < 4.78 is 97.0. The van der Waals surface area contributed by atoms with Crippen molar-refractivity contribution in [3.63, 3.8) is 0 Å². The molecule has 0 fully saturated rings. The first kappa shape index (κ1) is 20.3. The van der Waals surface area contributed by atoms with E-state index in [0.717, 1.165) is 0 Å². The molecule has 0 saturated carbocycles. The lowest BCUT2D eigenvalue weighted by molar-refractivity contribution is -0.361. The number of ether oxygens (including phenoxy) is 2. The molecule has 0 spiro atoms. The van der Waals surface area contributed by atoms with E-state index in [1.165, 1.54) is 25.3 Å². The maximum atomic E-state index is 13.0. The van der Waals surface area contributed by atoms with Crippen LogP contribution >= 0.6 is 0 Å². The highest BCUT2D eigenvalue weighted by atomic mass is 19.4. The van der Waals surface area contributed by atoms with Gasteiger partial charge in [-0.2, -0.15) is 41.1 Å². The highest BCUT2D eigenvalue weighted by Crippen LogP contribution is 2.45. The average Bonchev–Trinajstić information content (AvgIpc) is 2.52. The monoisotopic (exact) mass is 373 g/mol. The van der Waals surface area contributed by atoms with E-state index in [4.69, 9.17) is 14.7 Å². The summed E-state index contributed by atoms with van der Waals surface area (Å²) in [7, 11) is 1.23. The van der Waals surface area contributed by atoms with Gasteiger partial charge in [0.05, 0.1) is 13.3 Å². The molecule has 1 aromatic rings. The van der Waals surface area contributed by atoms with Gasteiger partial charge in [0.15, 0.2) is 18.1 Å². The third-order valence-corrected chi connectivity index (χ3v) is 2.65. The molecular weight excluding hydrogens is 363 g/mol. The summed E-state index contributed by atoms with van der Waals surface area (Å²) in [6, 6.07) is -0.287. The highest BCUT2D eigenvalue weighted by Gasteiger charge is 2.73. The molecule has 25 heavy (non-hydrogen) atoms. The molecule has 0 heterocycles. The molecule has 0 aliphatic heterocycles. The minimum Gasteiger partial charge on any atom is -0.493 e. The molecule has 0 bridgehead atoms. The third-order valence-electron chi connectivity index (χ3n) is 2.65. The van der Waals surface area contributed by atoms with Crippen molar-refractivity contribution in [2.24, 2.45) is 5.10 Å². The smallest absolute Gasteiger partial charge is 0.462 e. The zero-order chi connectivity index (χ0) is 19.3.